The lowest BCUT2D eigenvalue weighted by Crippen LogP contribution is -2.36. The van der Waals surface area contributed by atoms with Gasteiger partial charge in [-0.25, -0.2) is 10.5 Å². The third kappa shape index (κ3) is 10.8. The van der Waals surface area contributed by atoms with Gasteiger partial charge in [0.25, 0.3) is 5.01 Å². The number of halogens is 3. The number of allylic oxidation sites excluding steroid dienone is 5. The summed E-state index contributed by atoms with van der Waals surface area (Å²) in [6, 6.07) is 29.0. The highest BCUT2D eigenvalue weighted by Crippen LogP contribution is 2.49. The number of para-hydroxylation sites is 2. The van der Waals surface area contributed by atoms with E-state index in [0.717, 1.165) is 115 Å². The summed E-state index contributed by atoms with van der Waals surface area (Å²) in [7, 11) is 0. The van der Waals surface area contributed by atoms with Crippen molar-refractivity contribution in [2.24, 2.45) is 0 Å². The summed E-state index contributed by atoms with van der Waals surface area (Å²) in [6.07, 6.45) is 12.1. The Morgan fingerprint density at radius 2 is 1.47 bits per heavy atom. The molecule has 0 bridgehead atoms. The van der Waals surface area contributed by atoms with Gasteiger partial charge in [-0.05, 0) is 97.5 Å². The molecule has 0 saturated heterocycles. The smallest absolute Gasteiger partial charge is 0.262 e. The number of hydrogen-bond donors (Lipinski definition) is 2. The average molecular weight is 944 g/mol. The summed E-state index contributed by atoms with van der Waals surface area (Å²) in [5.74, 6) is 0. The van der Waals surface area contributed by atoms with Crippen LogP contribution in [0.2, 0.25) is 15.1 Å². The maximum absolute atomic E-state index is 8.72. The van der Waals surface area contributed by atoms with E-state index < -0.39 is 0 Å². The van der Waals surface area contributed by atoms with Crippen molar-refractivity contribution in [3.05, 3.63) is 151 Å². The number of rotatable bonds is 18. The highest BCUT2D eigenvalue weighted by Gasteiger charge is 2.30. The molecule has 9 nitrogen and oxygen atoms in total. The molecule has 2 aliphatic rings. The van der Waals surface area contributed by atoms with E-state index in [2.05, 4.69) is 103 Å². The minimum absolute atomic E-state index is 0.0374. The minimum atomic E-state index is 0.0374. The van der Waals surface area contributed by atoms with Crippen molar-refractivity contribution in [2.45, 2.75) is 68.4 Å². The number of hydrogen-bond acceptors (Lipinski definition) is 12. The Balaban J connectivity index is 1.32. The average Bonchev–Trinajstić information content (AvgIpc) is 3.92. The Morgan fingerprint density at radius 3 is 2.13 bits per heavy atom. The van der Waals surface area contributed by atoms with Crippen molar-refractivity contribution in [2.75, 3.05) is 16.3 Å². The van der Waals surface area contributed by atoms with Crippen LogP contribution < -0.4 is 14.4 Å². The van der Waals surface area contributed by atoms with Crippen molar-refractivity contribution < 1.29 is 33.8 Å². The topological polar surface area (TPSA) is 87.7 Å². The SMILES string of the molecule is Cc1cc2c(cc1Cl)S/C(=C\C=C1/CCC(/C=C/c3sc4cc(Cl)c(Cl)cc4[n+]3CCC(C)SOOO)=C1N(c1ccccc1)c1ccccc1)N2CCC(C)SOOO. The standard InChI is InChI=1S/C44H42Cl3N3O6S4/c1-28-24-38-40(26-35(28)45)57-42(48(38)22-20-29(2)59-55-53-51)18-16-31-14-15-32(44(31)50(33-10-6-4-7-11-33)34-12-8-5-9-13-34)17-19-43-49(23-21-30(3)60-56-54-52)39-25-36(46)37(47)27-41(39)58-43/h4-13,16-19,24-27,29-30H,14-15,20-23H2,1-3H3,(H-,51,52)/p+1. The van der Waals surface area contributed by atoms with Crippen LogP contribution in [0, 0.1) is 6.92 Å². The fourth-order valence-electron chi connectivity index (χ4n) is 7.15. The van der Waals surface area contributed by atoms with Gasteiger partial charge in [-0.15, -0.1) is 8.67 Å². The molecule has 1 aliphatic carbocycles. The zero-order chi connectivity index (χ0) is 42.2. The number of aromatic nitrogens is 1. The lowest BCUT2D eigenvalue weighted by molar-refractivity contribution is -0.669. The Bertz CT molecular complexity index is 2380. The molecule has 314 valence electrons. The molecule has 5 aromatic rings. The number of thioether (sulfide) groups is 1. The van der Waals surface area contributed by atoms with Gasteiger partial charge in [-0.2, -0.15) is 4.57 Å². The van der Waals surface area contributed by atoms with Crippen LogP contribution in [0.3, 0.4) is 0 Å². The van der Waals surface area contributed by atoms with E-state index in [0.29, 0.717) is 16.6 Å². The van der Waals surface area contributed by atoms with Crippen molar-refractivity contribution in [1.29, 1.82) is 0 Å². The first-order chi connectivity index (χ1) is 29.1. The molecule has 2 atom stereocenters. The zero-order valence-electron chi connectivity index (χ0n) is 32.9. The summed E-state index contributed by atoms with van der Waals surface area (Å²) in [6.45, 7) is 7.47. The van der Waals surface area contributed by atoms with Gasteiger partial charge in [-0.1, -0.05) is 124 Å². The highest BCUT2D eigenvalue weighted by molar-refractivity contribution is 8.03. The Kier molecular flexibility index (Phi) is 16.1. The first kappa shape index (κ1) is 45.0. The second-order valence-corrected chi connectivity index (χ2v) is 19.8. The third-order valence-corrected chi connectivity index (χ3v) is 14.9. The van der Waals surface area contributed by atoms with Crippen LogP contribution in [0.5, 0.6) is 0 Å². The van der Waals surface area contributed by atoms with Crippen molar-refractivity contribution >= 4 is 115 Å². The molecule has 0 radical (unpaired) electrons. The first-order valence-electron chi connectivity index (χ1n) is 19.2. The summed E-state index contributed by atoms with van der Waals surface area (Å²) in [4.78, 5) is 5.80. The van der Waals surface area contributed by atoms with Gasteiger partial charge in [0.05, 0.1) is 26.5 Å². The van der Waals surface area contributed by atoms with Crippen LogP contribution in [-0.4, -0.2) is 27.6 Å². The maximum atomic E-state index is 8.72. The summed E-state index contributed by atoms with van der Waals surface area (Å²) < 4.78 is 12.8. The quantitative estimate of drug-likeness (QED) is 0.0381. The summed E-state index contributed by atoms with van der Waals surface area (Å²) >= 11 is 25.2. The summed E-state index contributed by atoms with van der Waals surface area (Å²) in [5, 5.41) is 29.1. The molecular formula is C44H43Cl3N3O6S4+. The number of fused-ring (bicyclic) bond motifs is 2. The fourth-order valence-corrected chi connectivity index (χ4v) is 10.7. The molecule has 0 saturated carbocycles. The Hall–Kier alpha value is -2.99. The molecule has 2 unspecified atom stereocenters. The van der Waals surface area contributed by atoms with Crippen LogP contribution in [0.15, 0.2) is 130 Å². The van der Waals surface area contributed by atoms with E-state index in [9.17, 15) is 0 Å². The fraction of sp³-hybridized carbons (Fsp3) is 0.250. The number of nitrogens with zero attached hydrogens (tertiary/aromatic N) is 3. The van der Waals surface area contributed by atoms with E-state index in [-0.39, 0.29) is 10.5 Å². The van der Waals surface area contributed by atoms with Gasteiger partial charge >= 0.3 is 0 Å². The van der Waals surface area contributed by atoms with Gasteiger partial charge in [-0.3, -0.25) is 0 Å². The Labute approximate surface area is 381 Å². The molecule has 1 aromatic heterocycles. The second kappa shape index (κ2) is 21.4. The minimum Gasteiger partial charge on any atom is -0.335 e. The normalized spacial score (nSPS) is 16.6. The predicted octanol–water partition coefficient (Wildman–Crippen LogP) is 14.4. The van der Waals surface area contributed by atoms with Crippen LogP contribution >= 0.6 is 82.0 Å². The predicted molar refractivity (Wildman–Crippen MR) is 251 cm³/mol. The molecule has 1 aliphatic heterocycles. The van der Waals surface area contributed by atoms with E-state index >= 15 is 0 Å². The first-order valence-corrected chi connectivity index (χ1v) is 23.6. The number of anilines is 3. The van der Waals surface area contributed by atoms with E-state index in [1.165, 1.54) is 11.1 Å². The monoisotopic (exact) mass is 942 g/mol. The van der Waals surface area contributed by atoms with Crippen LogP contribution in [0.1, 0.15) is 50.1 Å². The van der Waals surface area contributed by atoms with Gasteiger partial charge in [0.15, 0.2) is 6.54 Å². The maximum Gasteiger partial charge on any atom is 0.262 e. The van der Waals surface area contributed by atoms with Gasteiger partial charge in [0, 0.05) is 81.0 Å². The van der Waals surface area contributed by atoms with Gasteiger partial charge in [0.2, 0.25) is 5.52 Å². The van der Waals surface area contributed by atoms with Crippen LogP contribution in [0.25, 0.3) is 16.3 Å². The van der Waals surface area contributed by atoms with Gasteiger partial charge < -0.3 is 9.80 Å². The molecular weight excluding hydrogens is 901 g/mol. The molecule has 4 aromatic carbocycles. The molecule has 0 fully saturated rings. The lowest BCUT2D eigenvalue weighted by Gasteiger charge is -2.28. The Morgan fingerprint density at radius 1 is 0.817 bits per heavy atom. The van der Waals surface area contributed by atoms with Crippen LogP contribution in [-0.2, 0) is 25.3 Å². The third-order valence-electron chi connectivity index (χ3n) is 10.1. The van der Waals surface area contributed by atoms with Crippen molar-refractivity contribution in [3.8, 4) is 0 Å². The molecule has 2 N–H and O–H groups in total. The van der Waals surface area contributed by atoms with Gasteiger partial charge in [0.1, 0.15) is 4.70 Å². The highest BCUT2D eigenvalue weighted by atomic mass is 35.5. The number of aryl methyl sites for hydroxylation is 2. The van der Waals surface area contributed by atoms with E-state index in [1.807, 2.05) is 51.1 Å². The number of benzene rings is 4. The molecule has 0 spiro atoms. The largest absolute Gasteiger partial charge is 0.335 e. The molecule has 0 amide bonds. The number of thiazole rings is 1. The molecule has 7 rings (SSSR count). The van der Waals surface area contributed by atoms with E-state index in [1.54, 1.807) is 23.1 Å². The van der Waals surface area contributed by atoms with Crippen molar-refractivity contribution in [1.82, 2.24) is 0 Å². The zero-order valence-corrected chi connectivity index (χ0v) is 38.5. The molecule has 60 heavy (non-hydrogen) atoms. The van der Waals surface area contributed by atoms with Crippen LogP contribution in [0.4, 0.5) is 17.1 Å². The molecule has 16 heteroatoms. The summed E-state index contributed by atoms with van der Waals surface area (Å²) in [5.41, 5.74) is 8.77. The lowest BCUT2D eigenvalue weighted by atomic mass is 10.1. The van der Waals surface area contributed by atoms with Crippen molar-refractivity contribution in [3.63, 3.8) is 0 Å². The van der Waals surface area contributed by atoms with E-state index in [4.69, 9.17) is 54.0 Å². The molecule has 2 heterocycles. The second-order valence-electron chi connectivity index (χ2n) is 14.2.